The lowest BCUT2D eigenvalue weighted by atomic mass is 10.1. The summed E-state index contributed by atoms with van der Waals surface area (Å²) in [5.41, 5.74) is 4.82. The summed E-state index contributed by atoms with van der Waals surface area (Å²) in [6.07, 6.45) is 6.34. The molecule has 3 N–H and O–H groups in total. The van der Waals surface area contributed by atoms with Crippen LogP contribution in [0.2, 0.25) is 0 Å². The number of halogens is 1. The Morgan fingerprint density at radius 3 is 2.82 bits per heavy atom. The quantitative estimate of drug-likeness (QED) is 0.659. The third-order valence-electron chi connectivity index (χ3n) is 2.51. The molecule has 0 amide bonds. The Kier molecular flexibility index (Phi) is 3.88. The highest BCUT2D eigenvalue weighted by Crippen LogP contribution is 2.17. The highest BCUT2D eigenvalue weighted by atomic mass is 79.9. The van der Waals surface area contributed by atoms with Gasteiger partial charge in [-0.1, -0.05) is 0 Å². The summed E-state index contributed by atoms with van der Waals surface area (Å²) in [5.74, 6) is 5.57. The van der Waals surface area contributed by atoms with E-state index in [1.165, 1.54) is 0 Å². The van der Waals surface area contributed by atoms with Crippen molar-refractivity contribution in [2.75, 3.05) is 0 Å². The lowest BCUT2D eigenvalue weighted by Crippen LogP contribution is -2.30. The number of pyridine rings is 1. The first-order chi connectivity index (χ1) is 8.19. The summed E-state index contributed by atoms with van der Waals surface area (Å²) < 4.78 is 2.73. The van der Waals surface area contributed by atoms with Gasteiger partial charge in [0, 0.05) is 23.9 Å². The number of hydrazine groups is 1. The van der Waals surface area contributed by atoms with Gasteiger partial charge < -0.3 is 0 Å². The van der Waals surface area contributed by atoms with Gasteiger partial charge in [-0.2, -0.15) is 5.10 Å². The molecule has 0 aliphatic carbocycles. The molecule has 0 bridgehead atoms. The van der Waals surface area contributed by atoms with Crippen molar-refractivity contribution in [2.24, 2.45) is 12.9 Å². The average Bonchev–Trinajstić information content (AvgIpc) is 2.73. The molecule has 0 fully saturated rings. The van der Waals surface area contributed by atoms with Gasteiger partial charge in [-0.15, -0.1) is 0 Å². The monoisotopic (exact) mass is 295 g/mol. The van der Waals surface area contributed by atoms with E-state index in [2.05, 4.69) is 31.4 Å². The molecule has 6 heteroatoms. The number of nitrogens with one attached hydrogen (secondary N) is 1. The Balaban J connectivity index is 2.13. The molecule has 17 heavy (non-hydrogen) atoms. The first kappa shape index (κ1) is 12.2. The van der Waals surface area contributed by atoms with E-state index in [-0.39, 0.29) is 6.04 Å². The van der Waals surface area contributed by atoms with E-state index >= 15 is 0 Å². The van der Waals surface area contributed by atoms with Crippen LogP contribution in [0.25, 0.3) is 0 Å². The van der Waals surface area contributed by atoms with Crippen molar-refractivity contribution in [3.05, 3.63) is 46.5 Å². The van der Waals surface area contributed by atoms with E-state index in [9.17, 15) is 0 Å². The van der Waals surface area contributed by atoms with Crippen molar-refractivity contribution < 1.29 is 0 Å². The van der Waals surface area contributed by atoms with Gasteiger partial charge in [0.05, 0.1) is 17.9 Å². The van der Waals surface area contributed by atoms with Gasteiger partial charge in [-0.3, -0.25) is 20.9 Å². The normalized spacial score (nSPS) is 12.6. The predicted octanol–water partition coefficient (Wildman–Crippen LogP) is 1.32. The Morgan fingerprint density at radius 2 is 2.29 bits per heavy atom. The zero-order valence-electron chi connectivity index (χ0n) is 9.47. The van der Waals surface area contributed by atoms with Crippen LogP contribution in [-0.4, -0.2) is 14.8 Å². The molecule has 2 rings (SSSR count). The molecule has 0 spiro atoms. The van der Waals surface area contributed by atoms with Gasteiger partial charge in [0.2, 0.25) is 0 Å². The minimum absolute atomic E-state index is 0.00713. The molecule has 2 aromatic rings. The third kappa shape index (κ3) is 3.12. The van der Waals surface area contributed by atoms with E-state index in [4.69, 9.17) is 5.84 Å². The summed E-state index contributed by atoms with van der Waals surface area (Å²) in [6, 6.07) is 3.90. The highest BCUT2D eigenvalue weighted by molar-refractivity contribution is 9.10. The summed E-state index contributed by atoms with van der Waals surface area (Å²) >= 11 is 3.36. The number of rotatable bonds is 4. The number of hydrogen-bond donors (Lipinski definition) is 2. The zero-order chi connectivity index (χ0) is 12.3. The molecule has 0 saturated heterocycles. The molecule has 0 radical (unpaired) electrons. The molecule has 1 atom stereocenters. The van der Waals surface area contributed by atoms with Crippen molar-refractivity contribution in [3.8, 4) is 0 Å². The largest absolute Gasteiger partial charge is 0.276 e. The maximum atomic E-state index is 5.57. The van der Waals surface area contributed by atoms with Crippen LogP contribution in [0.4, 0.5) is 0 Å². The van der Waals surface area contributed by atoms with Gasteiger partial charge in [0.15, 0.2) is 0 Å². The van der Waals surface area contributed by atoms with E-state index in [1.54, 1.807) is 10.9 Å². The first-order valence-electron chi connectivity index (χ1n) is 5.24. The maximum Gasteiger partial charge on any atom is 0.0673 e. The minimum atomic E-state index is -0.00713. The van der Waals surface area contributed by atoms with E-state index in [0.29, 0.717) is 0 Å². The Morgan fingerprint density at radius 1 is 1.47 bits per heavy atom. The van der Waals surface area contributed by atoms with E-state index in [0.717, 1.165) is 22.2 Å². The summed E-state index contributed by atoms with van der Waals surface area (Å²) in [5, 5.41) is 4.13. The van der Waals surface area contributed by atoms with Crippen molar-refractivity contribution in [2.45, 2.75) is 12.5 Å². The summed E-state index contributed by atoms with van der Waals surface area (Å²) in [6.45, 7) is 0. The standard InChI is InChI=1S/C11H14BrN5/c1-17-7-8(5-15-17)4-11(16-13)10-3-2-9(12)6-14-10/h2-3,5-7,11,16H,4,13H2,1H3. The van der Waals surface area contributed by atoms with Gasteiger partial charge in [-0.25, -0.2) is 0 Å². The maximum absolute atomic E-state index is 5.57. The zero-order valence-corrected chi connectivity index (χ0v) is 11.1. The fourth-order valence-corrected chi connectivity index (χ4v) is 1.89. The molecule has 90 valence electrons. The molecule has 2 aromatic heterocycles. The van der Waals surface area contributed by atoms with Crippen molar-refractivity contribution >= 4 is 15.9 Å². The Labute approximate surface area is 108 Å². The van der Waals surface area contributed by atoms with Crippen LogP contribution in [0.3, 0.4) is 0 Å². The topological polar surface area (TPSA) is 68.8 Å². The summed E-state index contributed by atoms with van der Waals surface area (Å²) in [7, 11) is 1.90. The molecule has 0 saturated carbocycles. The molecule has 0 aliphatic rings. The van der Waals surface area contributed by atoms with Crippen LogP contribution in [0.5, 0.6) is 0 Å². The lowest BCUT2D eigenvalue weighted by molar-refractivity contribution is 0.538. The van der Waals surface area contributed by atoms with Crippen LogP contribution >= 0.6 is 15.9 Å². The van der Waals surface area contributed by atoms with Crippen LogP contribution < -0.4 is 11.3 Å². The van der Waals surface area contributed by atoms with Gasteiger partial charge in [0.25, 0.3) is 0 Å². The smallest absolute Gasteiger partial charge is 0.0673 e. The second kappa shape index (κ2) is 5.39. The van der Waals surface area contributed by atoms with Gasteiger partial charge >= 0.3 is 0 Å². The molecular weight excluding hydrogens is 282 g/mol. The van der Waals surface area contributed by atoms with Gasteiger partial charge in [0.1, 0.15) is 0 Å². The molecule has 1 unspecified atom stereocenters. The van der Waals surface area contributed by atoms with Crippen LogP contribution in [0.15, 0.2) is 35.2 Å². The van der Waals surface area contributed by atoms with Gasteiger partial charge in [-0.05, 0) is 40.0 Å². The van der Waals surface area contributed by atoms with Crippen molar-refractivity contribution in [1.29, 1.82) is 0 Å². The van der Waals surface area contributed by atoms with Crippen LogP contribution in [0, 0.1) is 0 Å². The predicted molar refractivity (Wildman–Crippen MR) is 68.9 cm³/mol. The number of aromatic nitrogens is 3. The number of nitrogens with zero attached hydrogens (tertiary/aromatic N) is 3. The van der Waals surface area contributed by atoms with E-state index < -0.39 is 0 Å². The summed E-state index contributed by atoms with van der Waals surface area (Å²) in [4.78, 5) is 4.34. The molecule has 0 aromatic carbocycles. The minimum Gasteiger partial charge on any atom is -0.276 e. The van der Waals surface area contributed by atoms with Crippen molar-refractivity contribution in [3.63, 3.8) is 0 Å². The fourth-order valence-electron chi connectivity index (χ4n) is 1.66. The molecule has 5 nitrogen and oxygen atoms in total. The first-order valence-corrected chi connectivity index (χ1v) is 6.03. The average molecular weight is 296 g/mol. The van der Waals surface area contributed by atoms with Crippen LogP contribution in [0.1, 0.15) is 17.3 Å². The second-order valence-corrected chi connectivity index (χ2v) is 4.76. The van der Waals surface area contributed by atoms with Crippen molar-refractivity contribution in [1.82, 2.24) is 20.2 Å². The number of hydrogen-bond acceptors (Lipinski definition) is 4. The fraction of sp³-hybridized carbons (Fsp3) is 0.273. The molecule has 2 heterocycles. The van der Waals surface area contributed by atoms with Crippen LogP contribution in [-0.2, 0) is 13.5 Å². The van der Waals surface area contributed by atoms with E-state index in [1.807, 2.05) is 31.6 Å². The number of aryl methyl sites for hydroxylation is 1. The Bertz CT molecular complexity index is 479. The lowest BCUT2D eigenvalue weighted by Gasteiger charge is -2.14. The highest BCUT2D eigenvalue weighted by Gasteiger charge is 2.12. The number of nitrogens with two attached hydrogens (primary N) is 1. The SMILES string of the molecule is Cn1cc(CC(NN)c2ccc(Br)cn2)cn1. The second-order valence-electron chi connectivity index (χ2n) is 3.85. The Hall–Kier alpha value is -1.24. The molecular formula is C11H14BrN5. The third-order valence-corrected chi connectivity index (χ3v) is 2.98. The molecule has 0 aliphatic heterocycles.